The minimum absolute atomic E-state index is 0.380. The first kappa shape index (κ1) is 11.4. The number of rotatable bonds is 4. The van der Waals surface area contributed by atoms with Crippen molar-refractivity contribution >= 4 is 29.3 Å². The molecule has 1 atom stereocenters. The largest absolute Gasteiger partial charge is 0.468 e. The van der Waals surface area contributed by atoms with Crippen LogP contribution in [0.1, 0.15) is 0 Å². The molecule has 0 radical (unpaired) electrons. The van der Waals surface area contributed by atoms with Gasteiger partial charge in [0.05, 0.1) is 7.11 Å². The summed E-state index contributed by atoms with van der Waals surface area (Å²) in [5.74, 6) is 0.146. The Bertz CT molecular complexity index is 289. The fourth-order valence-corrected chi connectivity index (χ4v) is 1.98. The van der Waals surface area contributed by atoms with Gasteiger partial charge < -0.3 is 4.74 Å². The van der Waals surface area contributed by atoms with Gasteiger partial charge in [-0.25, -0.2) is 0 Å². The molecule has 0 N–H and O–H groups in total. The van der Waals surface area contributed by atoms with Crippen LogP contribution in [0.15, 0.2) is 35.2 Å². The van der Waals surface area contributed by atoms with Gasteiger partial charge in [-0.3, -0.25) is 4.79 Å². The molecule has 0 spiro atoms. The number of thioether (sulfide) groups is 1. The van der Waals surface area contributed by atoms with Gasteiger partial charge in [0.2, 0.25) is 0 Å². The Balaban J connectivity index is 2.38. The van der Waals surface area contributed by atoms with E-state index in [1.54, 1.807) is 0 Å². The lowest BCUT2D eigenvalue weighted by molar-refractivity contribution is -0.139. The molecule has 0 heterocycles. The summed E-state index contributed by atoms with van der Waals surface area (Å²) >= 11 is 7.33. The van der Waals surface area contributed by atoms with Crippen molar-refractivity contribution in [1.29, 1.82) is 0 Å². The molecular weight excluding hydrogens is 220 g/mol. The normalized spacial score (nSPS) is 12.1. The molecule has 76 valence electrons. The predicted molar refractivity (Wildman–Crippen MR) is 58.8 cm³/mol. The van der Waals surface area contributed by atoms with Crippen LogP contribution in [0.25, 0.3) is 0 Å². The van der Waals surface area contributed by atoms with E-state index in [-0.39, 0.29) is 5.97 Å². The monoisotopic (exact) mass is 230 g/mol. The highest BCUT2D eigenvalue weighted by Gasteiger charge is 2.15. The second kappa shape index (κ2) is 5.94. The van der Waals surface area contributed by atoms with E-state index in [4.69, 9.17) is 11.6 Å². The van der Waals surface area contributed by atoms with E-state index in [1.165, 1.54) is 18.9 Å². The third-order valence-electron chi connectivity index (χ3n) is 1.60. The van der Waals surface area contributed by atoms with Gasteiger partial charge in [-0.2, -0.15) is 0 Å². The number of alkyl halides is 1. The average molecular weight is 231 g/mol. The zero-order valence-electron chi connectivity index (χ0n) is 7.77. The number of benzene rings is 1. The van der Waals surface area contributed by atoms with Crippen LogP contribution in [-0.4, -0.2) is 24.2 Å². The molecule has 0 saturated heterocycles. The van der Waals surface area contributed by atoms with Gasteiger partial charge in [0.15, 0.2) is 0 Å². The molecule has 0 aromatic heterocycles. The zero-order chi connectivity index (χ0) is 10.4. The summed E-state index contributed by atoms with van der Waals surface area (Å²) in [5, 5.41) is -0.579. The lowest BCUT2D eigenvalue weighted by Crippen LogP contribution is -2.18. The molecule has 0 saturated carbocycles. The maximum atomic E-state index is 11.0. The summed E-state index contributed by atoms with van der Waals surface area (Å²) in [5.41, 5.74) is 0. The number of hydrogen-bond donors (Lipinski definition) is 0. The van der Waals surface area contributed by atoms with Crippen molar-refractivity contribution in [2.45, 2.75) is 10.3 Å². The standard InChI is InChI=1S/C10H11ClO2S/c1-13-10(12)9(11)7-14-8-5-3-2-4-6-8/h2-6,9H,7H2,1H3. The van der Waals surface area contributed by atoms with Crippen LogP contribution in [0.2, 0.25) is 0 Å². The van der Waals surface area contributed by atoms with Crippen LogP contribution in [0.4, 0.5) is 0 Å². The number of ether oxygens (including phenoxy) is 1. The fraction of sp³-hybridized carbons (Fsp3) is 0.300. The number of esters is 1. The third-order valence-corrected chi connectivity index (χ3v) is 3.22. The summed E-state index contributed by atoms with van der Waals surface area (Å²) < 4.78 is 4.52. The number of hydrogen-bond acceptors (Lipinski definition) is 3. The quantitative estimate of drug-likeness (QED) is 0.452. The molecule has 0 aliphatic rings. The van der Waals surface area contributed by atoms with Crippen molar-refractivity contribution in [2.24, 2.45) is 0 Å². The summed E-state index contributed by atoms with van der Waals surface area (Å²) in [7, 11) is 1.34. The van der Waals surface area contributed by atoms with Crippen LogP contribution in [-0.2, 0) is 9.53 Å². The highest BCUT2D eigenvalue weighted by atomic mass is 35.5. The minimum Gasteiger partial charge on any atom is -0.468 e. The van der Waals surface area contributed by atoms with E-state index in [0.29, 0.717) is 5.75 Å². The van der Waals surface area contributed by atoms with E-state index in [2.05, 4.69) is 4.74 Å². The Kier molecular flexibility index (Phi) is 4.84. The van der Waals surface area contributed by atoms with Gasteiger partial charge in [-0.15, -0.1) is 23.4 Å². The average Bonchev–Trinajstić information content (AvgIpc) is 2.26. The number of halogens is 1. The molecule has 1 rings (SSSR count). The Morgan fingerprint density at radius 1 is 1.50 bits per heavy atom. The minimum atomic E-state index is -0.579. The summed E-state index contributed by atoms with van der Waals surface area (Å²) in [6, 6.07) is 9.80. The van der Waals surface area contributed by atoms with E-state index < -0.39 is 5.38 Å². The van der Waals surface area contributed by atoms with Crippen molar-refractivity contribution in [3.05, 3.63) is 30.3 Å². The molecule has 0 amide bonds. The molecule has 0 bridgehead atoms. The van der Waals surface area contributed by atoms with Gasteiger partial charge >= 0.3 is 5.97 Å². The molecular formula is C10H11ClO2S. The lowest BCUT2D eigenvalue weighted by Gasteiger charge is -2.06. The molecule has 1 aromatic carbocycles. The van der Waals surface area contributed by atoms with Gasteiger partial charge in [0, 0.05) is 10.6 Å². The topological polar surface area (TPSA) is 26.3 Å². The van der Waals surface area contributed by atoms with Crippen molar-refractivity contribution in [1.82, 2.24) is 0 Å². The van der Waals surface area contributed by atoms with Crippen LogP contribution < -0.4 is 0 Å². The fourth-order valence-electron chi connectivity index (χ4n) is 0.882. The molecule has 0 aliphatic carbocycles. The summed E-state index contributed by atoms with van der Waals surface area (Å²) in [6.45, 7) is 0. The second-order valence-corrected chi connectivity index (χ2v) is 4.23. The van der Waals surface area contributed by atoms with E-state index >= 15 is 0 Å². The number of methoxy groups -OCH3 is 1. The molecule has 14 heavy (non-hydrogen) atoms. The van der Waals surface area contributed by atoms with Crippen molar-refractivity contribution in [2.75, 3.05) is 12.9 Å². The van der Waals surface area contributed by atoms with Gasteiger partial charge in [0.1, 0.15) is 5.38 Å². The van der Waals surface area contributed by atoms with Gasteiger partial charge in [-0.05, 0) is 12.1 Å². The molecule has 1 aromatic rings. The maximum absolute atomic E-state index is 11.0. The van der Waals surface area contributed by atoms with Crippen LogP contribution in [0, 0.1) is 0 Å². The zero-order valence-corrected chi connectivity index (χ0v) is 9.35. The SMILES string of the molecule is COC(=O)C(Cl)CSc1ccccc1. The first-order chi connectivity index (χ1) is 6.74. The van der Waals surface area contributed by atoms with Crippen LogP contribution >= 0.6 is 23.4 Å². The third kappa shape index (κ3) is 3.60. The van der Waals surface area contributed by atoms with Gasteiger partial charge in [-0.1, -0.05) is 18.2 Å². The van der Waals surface area contributed by atoms with Crippen LogP contribution in [0.3, 0.4) is 0 Å². The van der Waals surface area contributed by atoms with Crippen molar-refractivity contribution < 1.29 is 9.53 Å². The molecule has 4 heteroatoms. The Hall–Kier alpha value is -0.670. The van der Waals surface area contributed by atoms with E-state index in [0.717, 1.165) is 4.90 Å². The van der Waals surface area contributed by atoms with Crippen LogP contribution in [0.5, 0.6) is 0 Å². The highest BCUT2D eigenvalue weighted by Crippen LogP contribution is 2.20. The highest BCUT2D eigenvalue weighted by molar-refractivity contribution is 7.99. The Labute approximate surface area is 92.6 Å². The Morgan fingerprint density at radius 2 is 2.14 bits per heavy atom. The summed E-state index contributed by atoms with van der Waals surface area (Å²) in [6.07, 6.45) is 0. The first-order valence-corrected chi connectivity index (χ1v) is 5.56. The maximum Gasteiger partial charge on any atom is 0.324 e. The second-order valence-electron chi connectivity index (χ2n) is 2.61. The molecule has 2 nitrogen and oxygen atoms in total. The smallest absolute Gasteiger partial charge is 0.324 e. The lowest BCUT2D eigenvalue weighted by atomic mass is 10.4. The number of carbonyl (C=O) groups excluding carboxylic acids is 1. The molecule has 0 fully saturated rings. The number of carbonyl (C=O) groups is 1. The predicted octanol–water partition coefficient (Wildman–Crippen LogP) is 2.56. The summed E-state index contributed by atoms with van der Waals surface area (Å²) in [4.78, 5) is 12.1. The molecule has 0 aliphatic heterocycles. The van der Waals surface area contributed by atoms with E-state index in [9.17, 15) is 4.79 Å². The van der Waals surface area contributed by atoms with Crippen molar-refractivity contribution in [3.63, 3.8) is 0 Å². The van der Waals surface area contributed by atoms with Gasteiger partial charge in [0.25, 0.3) is 0 Å². The molecule has 1 unspecified atom stereocenters. The Morgan fingerprint density at radius 3 is 2.71 bits per heavy atom. The van der Waals surface area contributed by atoms with Crippen molar-refractivity contribution in [3.8, 4) is 0 Å². The first-order valence-electron chi connectivity index (χ1n) is 4.14. The van der Waals surface area contributed by atoms with E-state index in [1.807, 2.05) is 30.3 Å².